The van der Waals surface area contributed by atoms with E-state index in [0.717, 1.165) is 19.3 Å². The lowest BCUT2D eigenvalue weighted by atomic mass is 9.91. The predicted octanol–water partition coefficient (Wildman–Crippen LogP) is 5.21. The zero-order valence-electron chi connectivity index (χ0n) is 15.8. The molecule has 0 spiro atoms. The molecular formula is C17H36O4. The molecule has 0 amide bonds. The quantitative estimate of drug-likeness (QED) is 0.456. The molecule has 0 aromatic rings. The van der Waals surface area contributed by atoms with Crippen LogP contribution in [0.4, 0.5) is 0 Å². The van der Waals surface area contributed by atoms with Crippen molar-refractivity contribution in [2.75, 3.05) is 0 Å². The molecule has 4 heteroatoms. The molecule has 1 unspecified atom stereocenters. The molecule has 0 rings (SSSR count). The van der Waals surface area contributed by atoms with Gasteiger partial charge in [0.15, 0.2) is 0 Å². The van der Waals surface area contributed by atoms with Crippen molar-refractivity contribution in [1.82, 2.24) is 0 Å². The third kappa shape index (κ3) is 11.1. The molecule has 0 bridgehead atoms. The summed E-state index contributed by atoms with van der Waals surface area (Å²) in [4.78, 5) is 22.2. The van der Waals surface area contributed by atoms with Crippen molar-refractivity contribution in [3.63, 3.8) is 0 Å². The molecule has 0 saturated carbocycles. The van der Waals surface area contributed by atoms with Gasteiger partial charge in [-0.15, -0.1) is 0 Å². The molecule has 1 atom stereocenters. The summed E-state index contributed by atoms with van der Waals surface area (Å²) < 4.78 is 0. The fraction of sp³-hybridized carbons (Fsp3) is 1.00. The Kier molecular flexibility index (Phi) is 7.35. The molecule has 0 saturated heterocycles. The summed E-state index contributed by atoms with van der Waals surface area (Å²) in [6, 6.07) is 0. The highest BCUT2D eigenvalue weighted by molar-refractivity contribution is 4.78. The highest BCUT2D eigenvalue weighted by atomic mass is 17.2. The Morgan fingerprint density at radius 2 is 1.00 bits per heavy atom. The maximum absolute atomic E-state index is 5.69. The van der Waals surface area contributed by atoms with Crippen LogP contribution in [0.2, 0.25) is 0 Å². The van der Waals surface area contributed by atoms with Gasteiger partial charge in [0.25, 0.3) is 0 Å². The molecule has 0 radical (unpaired) electrons. The van der Waals surface area contributed by atoms with E-state index in [2.05, 4.69) is 13.8 Å². The minimum absolute atomic E-state index is 0.308. The van der Waals surface area contributed by atoms with Crippen molar-refractivity contribution >= 4 is 0 Å². The second kappa shape index (κ2) is 7.40. The van der Waals surface area contributed by atoms with E-state index >= 15 is 0 Å². The lowest BCUT2D eigenvalue weighted by Gasteiger charge is -2.34. The van der Waals surface area contributed by atoms with E-state index in [1.54, 1.807) is 0 Å². The molecule has 0 N–H and O–H groups in total. The Labute approximate surface area is 131 Å². The maximum Gasteiger partial charge on any atom is 0.101 e. The van der Waals surface area contributed by atoms with Gasteiger partial charge in [0.1, 0.15) is 5.60 Å². The van der Waals surface area contributed by atoms with Crippen LogP contribution in [0, 0.1) is 0 Å². The average molecular weight is 304 g/mol. The summed E-state index contributed by atoms with van der Waals surface area (Å²) in [6.07, 6.45) is 2.53. The first-order chi connectivity index (χ1) is 9.18. The van der Waals surface area contributed by atoms with E-state index in [9.17, 15) is 0 Å². The minimum Gasteiger partial charge on any atom is -0.230 e. The molecule has 0 heterocycles. The van der Waals surface area contributed by atoms with Gasteiger partial charge in [0.2, 0.25) is 0 Å². The predicted molar refractivity (Wildman–Crippen MR) is 85.9 cm³/mol. The molecule has 0 fully saturated rings. The van der Waals surface area contributed by atoms with Crippen LogP contribution in [0.3, 0.4) is 0 Å². The Hall–Kier alpha value is -0.160. The van der Waals surface area contributed by atoms with Gasteiger partial charge in [-0.25, -0.2) is 19.6 Å². The minimum atomic E-state index is -0.366. The first-order valence-electron chi connectivity index (χ1n) is 7.92. The Balaban J connectivity index is 4.42. The summed E-state index contributed by atoms with van der Waals surface area (Å²) in [5, 5.41) is 0. The van der Waals surface area contributed by atoms with Crippen molar-refractivity contribution < 1.29 is 19.6 Å². The first-order valence-corrected chi connectivity index (χ1v) is 7.92. The molecule has 21 heavy (non-hydrogen) atoms. The van der Waals surface area contributed by atoms with Gasteiger partial charge in [0, 0.05) is 0 Å². The number of hydrogen-bond acceptors (Lipinski definition) is 4. The lowest BCUT2D eigenvalue weighted by Crippen LogP contribution is -2.37. The van der Waals surface area contributed by atoms with Gasteiger partial charge in [0.05, 0.1) is 16.8 Å². The second-order valence-electron chi connectivity index (χ2n) is 8.62. The average Bonchev–Trinajstić information content (AvgIpc) is 2.30. The van der Waals surface area contributed by atoms with Crippen molar-refractivity contribution in [2.24, 2.45) is 0 Å². The summed E-state index contributed by atoms with van der Waals surface area (Å²) in [7, 11) is 0. The topological polar surface area (TPSA) is 36.9 Å². The largest absolute Gasteiger partial charge is 0.230 e. The Morgan fingerprint density at radius 1 is 0.571 bits per heavy atom. The molecule has 0 aliphatic rings. The van der Waals surface area contributed by atoms with Crippen molar-refractivity contribution in [1.29, 1.82) is 0 Å². The van der Waals surface area contributed by atoms with E-state index in [4.69, 9.17) is 19.6 Å². The van der Waals surface area contributed by atoms with Crippen LogP contribution in [-0.2, 0) is 19.6 Å². The van der Waals surface area contributed by atoms with Crippen LogP contribution in [0.5, 0.6) is 0 Å². The number of rotatable bonds is 8. The summed E-state index contributed by atoms with van der Waals surface area (Å²) >= 11 is 0. The van der Waals surface area contributed by atoms with Crippen LogP contribution in [0.1, 0.15) is 88.5 Å². The lowest BCUT2D eigenvalue weighted by molar-refractivity contribution is -0.412. The van der Waals surface area contributed by atoms with E-state index in [0.29, 0.717) is 0 Å². The van der Waals surface area contributed by atoms with Crippen LogP contribution >= 0.6 is 0 Å². The van der Waals surface area contributed by atoms with E-state index in [1.165, 1.54) is 0 Å². The SMILES string of the molecule is CCC(C)(CCC(C)(C)OOC(C)(C)C)OOC(C)(C)C. The van der Waals surface area contributed by atoms with Crippen LogP contribution < -0.4 is 0 Å². The fourth-order valence-corrected chi connectivity index (χ4v) is 1.35. The first kappa shape index (κ1) is 20.8. The zero-order valence-corrected chi connectivity index (χ0v) is 15.8. The van der Waals surface area contributed by atoms with Crippen LogP contribution in [0.25, 0.3) is 0 Å². The highest BCUT2D eigenvalue weighted by Gasteiger charge is 2.32. The zero-order chi connectivity index (χ0) is 16.9. The third-order valence-corrected chi connectivity index (χ3v) is 3.01. The monoisotopic (exact) mass is 304 g/mol. The maximum atomic E-state index is 5.69. The van der Waals surface area contributed by atoms with E-state index < -0.39 is 0 Å². The second-order valence-corrected chi connectivity index (χ2v) is 8.62. The van der Waals surface area contributed by atoms with Crippen molar-refractivity contribution in [3.05, 3.63) is 0 Å². The van der Waals surface area contributed by atoms with Gasteiger partial charge in [-0.05, 0) is 81.6 Å². The molecule has 0 aromatic carbocycles. The standard InChI is InChI=1S/C17H36O4/c1-11-17(10,21-19-15(5,6)7)13-12-16(8,9)20-18-14(2,3)4/h11-13H2,1-10H3. The number of hydrogen-bond donors (Lipinski definition) is 0. The molecule has 0 aliphatic heterocycles. The molecule has 0 aliphatic carbocycles. The molecule has 128 valence electrons. The van der Waals surface area contributed by atoms with Crippen LogP contribution in [-0.4, -0.2) is 22.4 Å². The van der Waals surface area contributed by atoms with Gasteiger partial charge >= 0.3 is 0 Å². The smallest absolute Gasteiger partial charge is 0.101 e. The van der Waals surface area contributed by atoms with Gasteiger partial charge in [-0.3, -0.25) is 0 Å². The summed E-state index contributed by atoms with van der Waals surface area (Å²) in [6.45, 7) is 20.1. The van der Waals surface area contributed by atoms with Crippen LogP contribution in [0.15, 0.2) is 0 Å². The normalized spacial score (nSPS) is 16.9. The summed E-state index contributed by atoms with van der Waals surface area (Å²) in [5.41, 5.74) is -1.31. The molecule has 0 aromatic heterocycles. The van der Waals surface area contributed by atoms with Crippen molar-refractivity contribution in [3.8, 4) is 0 Å². The van der Waals surface area contributed by atoms with Gasteiger partial charge in [-0.2, -0.15) is 0 Å². The Bertz CT molecular complexity index is 299. The van der Waals surface area contributed by atoms with E-state index in [-0.39, 0.29) is 22.4 Å². The molecule has 4 nitrogen and oxygen atoms in total. The van der Waals surface area contributed by atoms with Gasteiger partial charge < -0.3 is 0 Å². The fourth-order valence-electron chi connectivity index (χ4n) is 1.35. The Morgan fingerprint density at radius 3 is 1.38 bits per heavy atom. The summed E-state index contributed by atoms with van der Waals surface area (Å²) in [5.74, 6) is 0. The van der Waals surface area contributed by atoms with E-state index in [1.807, 2.05) is 55.4 Å². The van der Waals surface area contributed by atoms with Crippen molar-refractivity contribution in [2.45, 2.75) is 111 Å². The third-order valence-electron chi connectivity index (χ3n) is 3.01. The highest BCUT2D eigenvalue weighted by Crippen LogP contribution is 2.30. The van der Waals surface area contributed by atoms with Gasteiger partial charge in [-0.1, -0.05) is 6.92 Å². The molecular weight excluding hydrogens is 268 g/mol.